The van der Waals surface area contributed by atoms with Gasteiger partial charge >= 0.3 is 5.97 Å². The van der Waals surface area contributed by atoms with Crippen molar-refractivity contribution in [3.8, 4) is 28.8 Å². The largest absolute Gasteiger partial charge is 0.493 e. The quantitative estimate of drug-likeness (QED) is 0.639. The maximum atomic E-state index is 12.6. The van der Waals surface area contributed by atoms with Gasteiger partial charge in [0.15, 0.2) is 17.6 Å². The lowest BCUT2D eigenvalue weighted by molar-refractivity contribution is 0.0438. The monoisotopic (exact) mass is 362 g/mol. The van der Waals surface area contributed by atoms with Crippen LogP contribution in [0.5, 0.6) is 11.5 Å². The zero-order valence-electron chi connectivity index (χ0n) is 15.2. The predicted octanol–water partition coefficient (Wildman–Crippen LogP) is 3.99. The van der Waals surface area contributed by atoms with Crippen molar-refractivity contribution in [2.24, 2.45) is 0 Å². The molecule has 0 unspecified atom stereocenters. The number of fused-ring (bicyclic) bond motifs is 1. The molecule has 0 bridgehead atoms. The van der Waals surface area contributed by atoms with E-state index in [4.69, 9.17) is 19.5 Å². The summed E-state index contributed by atoms with van der Waals surface area (Å²) in [4.78, 5) is 17.2. The van der Waals surface area contributed by atoms with Crippen molar-refractivity contribution in [2.45, 2.75) is 13.0 Å². The number of ether oxygens (including phenoxy) is 3. The van der Waals surface area contributed by atoms with Crippen LogP contribution in [-0.2, 0) is 4.74 Å². The highest BCUT2D eigenvalue weighted by Gasteiger charge is 2.18. The van der Waals surface area contributed by atoms with Gasteiger partial charge in [-0.25, -0.2) is 9.78 Å². The molecule has 2 aromatic carbocycles. The number of esters is 1. The number of nitriles is 1. The summed E-state index contributed by atoms with van der Waals surface area (Å²) in [6, 6.07) is 16.3. The maximum absolute atomic E-state index is 12.6. The molecule has 0 aliphatic heterocycles. The molecule has 3 rings (SSSR count). The van der Waals surface area contributed by atoms with Crippen LogP contribution in [0.3, 0.4) is 0 Å². The summed E-state index contributed by atoms with van der Waals surface area (Å²) in [7, 11) is 3.12. The standard InChI is InChI=1S/C21H18N2O4/c1-13(12-22)27-21(24)16-11-18(23-17-7-5-4-6-15(16)17)14-8-9-19(25-2)20(10-14)26-3/h4-11,13H,1-3H3/t13-/m1/s1. The smallest absolute Gasteiger partial charge is 0.340 e. The van der Waals surface area contributed by atoms with Crippen molar-refractivity contribution in [2.75, 3.05) is 14.2 Å². The Bertz CT molecular complexity index is 1040. The third-order valence-electron chi connectivity index (χ3n) is 4.08. The Morgan fingerprint density at radius 1 is 1.07 bits per heavy atom. The van der Waals surface area contributed by atoms with E-state index in [1.54, 1.807) is 38.5 Å². The van der Waals surface area contributed by atoms with Crippen LogP contribution >= 0.6 is 0 Å². The number of rotatable bonds is 5. The van der Waals surface area contributed by atoms with Gasteiger partial charge in [-0.05, 0) is 37.3 Å². The second kappa shape index (κ2) is 7.75. The van der Waals surface area contributed by atoms with Gasteiger partial charge in [-0.1, -0.05) is 18.2 Å². The molecule has 1 atom stereocenters. The highest BCUT2D eigenvalue weighted by atomic mass is 16.5. The number of hydrogen-bond acceptors (Lipinski definition) is 6. The van der Waals surface area contributed by atoms with Gasteiger partial charge in [0.25, 0.3) is 0 Å². The second-order valence-electron chi connectivity index (χ2n) is 5.82. The van der Waals surface area contributed by atoms with Gasteiger partial charge in [0.2, 0.25) is 0 Å². The molecule has 0 aliphatic carbocycles. The number of aromatic nitrogens is 1. The predicted molar refractivity (Wildman–Crippen MR) is 101 cm³/mol. The Labute approximate surface area is 156 Å². The van der Waals surface area contributed by atoms with Crippen LogP contribution in [0.25, 0.3) is 22.2 Å². The molecule has 6 heteroatoms. The van der Waals surface area contributed by atoms with Crippen LogP contribution in [0.2, 0.25) is 0 Å². The summed E-state index contributed by atoms with van der Waals surface area (Å²) < 4.78 is 15.8. The average Bonchev–Trinajstić information content (AvgIpc) is 2.72. The fraction of sp³-hybridized carbons (Fsp3) is 0.190. The van der Waals surface area contributed by atoms with Crippen LogP contribution in [0, 0.1) is 11.3 Å². The van der Waals surface area contributed by atoms with Crippen molar-refractivity contribution in [1.29, 1.82) is 5.26 Å². The molecule has 3 aromatic rings. The van der Waals surface area contributed by atoms with E-state index in [0.717, 1.165) is 5.56 Å². The van der Waals surface area contributed by atoms with E-state index in [-0.39, 0.29) is 0 Å². The first-order valence-corrected chi connectivity index (χ1v) is 8.30. The molecular weight excluding hydrogens is 344 g/mol. The Balaban J connectivity index is 2.15. The molecule has 27 heavy (non-hydrogen) atoms. The molecule has 0 amide bonds. The third-order valence-corrected chi connectivity index (χ3v) is 4.08. The molecule has 136 valence electrons. The first kappa shape index (κ1) is 18.2. The van der Waals surface area contributed by atoms with Gasteiger partial charge in [0.1, 0.15) is 6.07 Å². The van der Waals surface area contributed by atoms with E-state index in [0.29, 0.717) is 33.7 Å². The Hall–Kier alpha value is -3.59. The minimum absolute atomic E-state index is 0.354. The van der Waals surface area contributed by atoms with Gasteiger partial charge in [-0.2, -0.15) is 5.26 Å². The number of para-hydroxylation sites is 1. The van der Waals surface area contributed by atoms with E-state index in [1.165, 1.54) is 6.92 Å². The molecule has 1 heterocycles. The van der Waals surface area contributed by atoms with Crippen molar-refractivity contribution >= 4 is 16.9 Å². The van der Waals surface area contributed by atoms with Gasteiger partial charge in [0.05, 0.1) is 31.0 Å². The minimum Gasteiger partial charge on any atom is -0.493 e. The summed E-state index contributed by atoms with van der Waals surface area (Å²) in [5.74, 6) is 0.598. The van der Waals surface area contributed by atoms with Crippen LogP contribution in [0.4, 0.5) is 0 Å². The van der Waals surface area contributed by atoms with Crippen molar-refractivity contribution < 1.29 is 19.0 Å². The number of hydrogen-bond donors (Lipinski definition) is 0. The summed E-state index contributed by atoms with van der Waals surface area (Å²) in [6.45, 7) is 1.52. The first-order valence-electron chi connectivity index (χ1n) is 8.30. The lowest BCUT2D eigenvalue weighted by Crippen LogP contribution is -2.14. The summed E-state index contributed by atoms with van der Waals surface area (Å²) in [5, 5.41) is 9.58. The fourth-order valence-electron chi connectivity index (χ4n) is 2.74. The van der Waals surface area contributed by atoms with Crippen LogP contribution in [0.1, 0.15) is 17.3 Å². The minimum atomic E-state index is -0.839. The van der Waals surface area contributed by atoms with E-state index in [9.17, 15) is 4.79 Å². The number of benzene rings is 2. The number of pyridine rings is 1. The normalized spacial score (nSPS) is 11.5. The van der Waals surface area contributed by atoms with E-state index >= 15 is 0 Å². The number of carbonyl (C=O) groups is 1. The van der Waals surface area contributed by atoms with Gasteiger partial charge < -0.3 is 14.2 Å². The van der Waals surface area contributed by atoms with Crippen molar-refractivity contribution in [3.05, 3.63) is 54.1 Å². The van der Waals surface area contributed by atoms with Gasteiger partial charge in [-0.15, -0.1) is 0 Å². The topological polar surface area (TPSA) is 81.4 Å². The van der Waals surface area contributed by atoms with E-state index in [1.807, 2.05) is 30.3 Å². The molecular formula is C21H18N2O4. The molecule has 1 aromatic heterocycles. The maximum Gasteiger partial charge on any atom is 0.340 e. The molecule has 0 fully saturated rings. The number of nitrogens with zero attached hydrogens (tertiary/aromatic N) is 2. The lowest BCUT2D eigenvalue weighted by Gasteiger charge is -2.12. The van der Waals surface area contributed by atoms with Crippen LogP contribution < -0.4 is 9.47 Å². The fourth-order valence-corrected chi connectivity index (χ4v) is 2.74. The number of carbonyl (C=O) groups excluding carboxylic acids is 1. The molecule has 0 N–H and O–H groups in total. The SMILES string of the molecule is COc1ccc(-c2cc(C(=O)O[C@H](C)C#N)c3ccccc3n2)cc1OC. The van der Waals surface area contributed by atoms with Crippen molar-refractivity contribution in [3.63, 3.8) is 0 Å². The molecule has 0 saturated carbocycles. The molecule has 0 radical (unpaired) electrons. The molecule has 0 aliphatic rings. The van der Waals surface area contributed by atoms with E-state index < -0.39 is 12.1 Å². The molecule has 0 saturated heterocycles. The summed E-state index contributed by atoms with van der Waals surface area (Å²) in [5.41, 5.74) is 2.36. The van der Waals surface area contributed by atoms with Crippen LogP contribution in [0.15, 0.2) is 48.5 Å². The van der Waals surface area contributed by atoms with E-state index in [2.05, 4.69) is 4.98 Å². The third kappa shape index (κ3) is 3.67. The Kier molecular flexibility index (Phi) is 5.23. The Morgan fingerprint density at radius 3 is 2.52 bits per heavy atom. The highest BCUT2D eigenvalue weighted by molar-refractivity contribution is 6.04. The highest BCUT2D eigenvalue weighted by Crippen LogP contribution is 2.33. The lowest BCUT2D eigenvalue weighted by atomic mass is 10.0. The van der Waals surface area contributed by atoms with Crippen molar-refractivity contribution in [1.82, 2.24) is 4.98 Å². The summed E-state index contributed by atoms with van der Waals surface area (Å²) in [6.07, 6.45) is -0.839. The molecule has 6 nitrogen and oxygen atoms in total. The van der Waals surface area contributed by atoms with Crippen LogP contribution in [-0.4, -0.2) is 31.3 Å². The zero-order valence-corrected chi connectivity index (χ0v) is 15.2. The average molecular weight is 362 g/mol. The summed E-state index contributed by atoms with van der Waals surface area (Å²) >= 11 is 0. The molecule has 0 spiro atoms. The second-order valence-corrected chi connectivity index (χ2v) is 5.82. The Morgan fingerprint density at radius 2 is 1.81 bits per heavy atom. The van der Waals surface area contributed by atoms with Gasteiger partial charge in [0, 0.05) is 10.9 Å². The zero-order chi connectivity index (χ0) is 19.4. The van der Waals surface area contributed by atoms with Gasteiger partial charge in [-0.3, -0.25) is 0 Å². The first-order chi connectivity index (χ1) is 13.1. The number of methoxy groups -OCH3 is 2.